The first-order valence-electron chi connectivity index (χ1n) is 11.4. The van der Waals surface area contributed by atoms with Crippen molar-refractivity contribution in [1.29, 1.82) is 0 Å². The van der Waals surface area contributed by atoms with Crippen molar-refractivity contribution in [2.24, 2.45) is 0 Å². The van der Waals surface area contributed by atoms with E-state index in [0.717, 1.165) is 8.58 Å². The Hall–Kier alpha value is -2.18. The Balaban J connectivity index is 0.000000234. The summed E-state index contributed by atoms with van der Waals surface area (Å²) in [4.78, 5) is 0. The second kappa shape index (κ2) is 13.9. The fraction of sp³-hybridized carbons (Fsp3) is 0.0625. The predicted molar refractivity (Wildman–Crippen MR) is 148 cm³/mol. The van der Waals surface area contributed by atoms with E-state index in [1.807, 2.05) is 0 Å². The molecule has 6 rings (SSSR count). The van der Waals surface area contributed by atoms with Gasteiger partial charge < -0.3 is 24.8 Å². The van der Waals surface area contributed by atoms with Crippen LogP contribution in [0.2, 0.25) is 0 Å². The molecule has 0 aliphatic carbocycles. The molecule has 0 saturated heterocycles. The Labute approximate surface area is 243 Å². The third-order valence-electron chi connectivity index (χ3n) is 6.02. The minimum absolute atomic E-state index is 0. The van der Waals surface area contributed by atoms with Crippen molar-refractivity contribution < 1.29 is 46.5 Å². The van der Waals surface area contributed by atoms with Crippen LogP contribution in [-0.2, 0) is 21.7 Å². The van der Waals surface area contributed by atoms with Gasteiger partial charge in [0.2, 0.25) is 0 Å². The molecule has 0 fully saturated rings. The number of aryl methyl sites for hydroxylation is 2. The van der Waals surface area contributed by atoms with Crippen molar-refractivity contribution in [2.75, 3.05) is 0 Å². The molecule has 0 radical (unpaired) electrons. The molecule has 0 N–H and O–H groups in total. The van der Waals surface area contributed by atoms with Crippen LogP contribution >= 0.6 is 8.58 Å². The Bertz CT molecular complexity index is 1500. The summed E-state index contributed by atoms with van der Waals surface area (Å²) >= 11 is 0. The topological polar surface area (TPSA) is 0 Å². The summed E-state index contributed by atoms with van der Waals surface area (Å²) in [6.45, 7) is 4.36. The molecule has 6 aromatic rings. The number of halogens is 2. The van der Waals surface area contributed by atoms with E-state index < -0.39 is 0 Å². The molecule has 0 aromatic heterocycles. The molecule has 6 aromatic carbocycles. The van der Waals surface area contributed by atoms with Crippen molar-refractivity contribution in [2.45, 2.75) is 13.8 Å². The van der Waals surface area contributed by atoms with E-state index in [9.17, 15) is 0 Å². The van der Waals surface area contributed by atoms with E-state index in [1.165, 1.54) is 54.4 Å². The summed E-state index contributed by atoms with van der Waals surface area (Å²) in [5.41, 5.74) is 5.36. The van der Waals surface area contributed by atoms with Gasteiger partial charge in [0.1, 0.15) is 0 Å². The van der Waals surface area contributed by atoms with Crippen LogP contribution in [-0.4, -0.2) is 0 Å². The first-order valence-corrected chi connectivity index (χ1v) is 12.4. The predicted octanol–water partition coefficient (Wildman–Crippen LogP) is 2.04. The van der Waals surface area contributed by atoms with Gasteiger partial charge in [0.15, 0.2) is 0 Å². The van der Waals surface area contributed by atoms with Crippen LogP contribution in [0.5, 0.6) is 0 Å². The number of fused-ring (bicyclic) bond motifs is 2. The third kappa shape index (κ3) is 6.77. The molecule has 0 nitrogen and oxygen atoms in total. The monoisotopic (exact) mass is 560 g/mol. The van der Waals surface area contributed by atoms with E-state index in [2.05, 4.69) is 135 Å². The van der Waals surface area contributed by atoms with Gasteiger partial charge in [-0.25, -0.2) is 0 Å². The normalized spacial score (nSPS) is 10.3. The molecule has 0 aliphatic heterocycles. The molecular weight excluding hydrogens is 534 g/mol. The average Bonchev–Trinajstić information content (AvgIpc) is 3.39. The summed E-state index contributed by atoms with van der Waals surface area (Å²) < 4.78 is 0. The number of rotatable bonds is 3. The molecule has 0 amide bonds. The molecule has 0 heterocycles. The largest absolute Gasteiger partial charge is 4.00 e. The van der Waals surface area contributed by atoms with Crippen LogP contribution in [0.3, 0.4) is 0 Å². The maximum Gasteiger partial charge on any atom is 4.00 e. The molecule has 178 valence electrons. The van der Waals surface area contributed by atoms with Gasteiger partial charge in [-0.2, -0.15) is 6.07 Å². The van der Waals surface area contributed by atoms with Gasteiger partial charge in [0.25, 0.3) is 0 Å². The first kappa shape index (κ1) is 30.1. The van der Waals surface area contributed by atoms with Gasteiger partial charge in [-0.05, 0) is 10.9 Å². The summed E-state index contributed by atoms with van der Waals surface area (Å²) in [6.07, 6.45) is 0. The summed E-state index contributed by atoms with van der Waals surface area (Å²) in [5.74, 6) is 0. The molecule has 0 saturated carbocycles. The fourth-order valence-electron chi connectivity index (χ4n) is 4.45. The minimum atomic E-state index is 0. The van der Waals surface area contributed by atoms with E-state index in [1.54, 1.807) is 0 Å². The quantitative estimate of drug-likeness (QED) is 0.177. The second-order valence-corrected chi connectivity index (χ2v) is 9.82. The van der Waals surface area contributed by atoms with Crippen LogP contribution in [0.1, 0.15) is 11.1 Å². The van der Waals surface area contributed by atoms with Gasteiger partial charge in [-0.15, -0.1) is 89.0 Å². The molecule has 0 aliphatic rings. The zero-order chi connectivity index (χ0) is 22.6. The fourth-order valence-corrected chi connectivity index (χ4v) is 5.73. The maximum absolute atomic E-state index is 2.29. The minimum Gasteiger partial charge on any atom is -1.00 e. The van der Waals surface area contributed by atoms with Gasteiger partial charge >= 0.3 is 21.7 Å². The molecule has 0 spiro atoms. The molecule has 4 heteroatoms. The van der Waals surface area contributed by atoms with Gasteiger partial charge in [-0.1, -0.05) is 92.2 Å². The average molecular weight is 561 g/mol. The molecule has 36 heavy (non-hydrogen) atoms. The molecular formula is C32H27Cl2PTi. The Kier molecular flexibility index (Phi) is 11.6. The zero-order valence-corrected chi connectivity index (χ0v) is 24.4. The van der Waals surface area contributed by atoms with Crippen molar-refractivity contribution in [1.82, 2.24) is 0 Å². The number of hydrogen-bond donors (Lipinski definition) is 0. The SMILES string of the molecule is Cc1[cH-]c2ccccc2c1Pc1ccccc1.Cc1cc2c(-c3ccccc3)cccc2[cH-]1.[Cl-].[Cl-].[Ti+4]. The van der Waals surface area contributed by atoms with E-state index in [0.29, 0.717) is 0 Å². The Morgan fingerprint density at radius 2 is 1.17 bits per heavy atom. The van der Waals surface area contributed by atoms with Crippen LogP contribution in [0.4, 0.5) is 0 Å². The first-order chi connectivity index (χ1) is 16.2. The molecule has 1 atom stereocenters. The van der Waals surface area contributed by atoms with Crippen molar-refractivity contribution in [3.8, 4) is 11.1 Å². The van der Waals surface area contributed by atoms with Gasteiger partial charge in [0.05, 0.1) is 0 Å². The van der Waals surface area contributed by atoms with Crippen LogP contribution in [0, 0.1) is 13.8 Å². The Morgan fingerprint density at radius 3 is 1.89 bits per heavy atom. The van der Waals surface area contributed by atoms with Gasteiger partial charge in [0, 0.05) is 0 Å². The summed E-state index contributed by atoms with van der Waals surface area (Å²) in [7, 11) is 0.754. The van der Waals surface area contributed by atoms with E-state index in [-0.39, 0.29) is 46.5 Å². The number of hydrogen-bond acceptors (Lipinski definition) is 0. The standard InChI is InChI=1S/C16H14P.C16H13.2ClH.Ti/c1-12-11-13-7-5-6-10-15(13)16(12)17-14-8-3-2-4-9-14;1-12-10-14-8-5-9-15(16(14)11-12)13-6-3-2-4-7-13;;;/h2-11,17H,1H3;2-11H,1H3;2*1H;/q2*-1;;;+4/p-2. The van der Waals surface area contributed by atoms with Crippen molar-refractivity contribution >= 4 is 40.7 Å². The van der Waals surface area contributed by atoms with Gasteiger partial charge in [-0.3, -0.25) is 0 Å². The summed E-state index contributed by atoms with van der Waals surface area (Å²) in [6, 6.07) is 43.2. The van der Waals surface area contributed by atoms with Crippen molar-refractivity contribution in [3.63, 3.8) is 0 Å². The molecule has 0 bridgehead atoms. The van der Waals surface area contributed by atoms with Crippen LogP contribution in [0.25, 0.3) is 32.7 Å². The van der Waals surface area contributed by atoms with E-state index in [4.69, 9.17) is 0 Å². The van der Waals surface area contributed by atoms with Crippen LogP contribution in [0.15, 0.2) is 121 Å². The molecule has 1 unspecified atom stereocenters. The number of benzene rings is 4. The second-order valence-electron chi connectivity index (χ2n) is 8.49. The maximum atomic E-state index is 2.29. The third-order valence-corrected chi connectivity index (χ3v) is 7.56. The summed E-state index contributed by atoms with van der Waals surface area (Å²) in [5, 5.41) is 8.36. The van der Waals surface area contributed by atoms with Crippen LogP contribution < -0.4 is 35.4 Å². The van der Waals surface area contributed by atoms with E-state index >= 15 is 0 Å². The Morgan fingerprint density at radius 1 is 0.583 bits per heavy atom. The smallest absolute Gasteiger partial charge is 1.00 e. The zero-order valence-electron chi connectivity index (χ0n) is 20.3. The van der Waals surface area contributed by atoms with Crippen molar-refractivity contribution in [3.05, 3.63) is 132 Å².